The largest absolute Gasteiger partial charge is 0.375 e. The minimum absolute atomic E-state index is 0.679. The molecule has 0 aromatic heterocycles. The van der Waals surface area contributed by atoms with E-state index in [1.165, 1.54) is 11.3 Å². The van der Waals surface area contributed by atoms with E-state index in [2.05, 4.69) is 49.2 Å². The van der Waals surface area contributed by atoms with E-state index in [0.717, 1.165) is 32.2 Å². The maximum Gasteiger partial charge on any atom is 0.101 e. The van der Waals surface area contributed by atoms with E-state index >= 15 is 0 Å². The fraction of sp³-hybridized carbons (Fsp3) is 0.562. The van der Waals surface area contributed by atoms with Crippen molar-refractivity contribution < 1.29 is 0 Å². The number of nitrogens with two attached hydrogens (primary N) is 1. The van der Waals surface area contributed by atoms with Crippen LogP contribution in [0.15, 0.2) is 24.3 Å². The summed E-state index contributed by atoms with van der Waals surface area (Å²) in [6, 6.07) is 10.8. The molecule has 1 aromatic rings. The van der Waals surface area contributed by atoms with Crippen LogP contribution < -0.4 is 10.6 Å². The number of anilines is 1. The SMILES string of the molecule is CCc1ccc(N(C)CCCCC(C)(N)C#N)cc1. The Kier molecular flexibility index (Phi) is 5.85. The smallest absolute Gasteiger partial charge is 0.101 e. The maximum absolute atomic E-state index is 8.84. The second kappa shape index (κ2) is 7.16. The van der Waals surface area contributed by atoms with E-state index in [1.807, 2.05) is 0 Å². The molecule has 0 bridgehead atoms. The Balaban J connectivity index is 2.35. The van der Waals surface area contributed by atoms with Crippen molar-refractivity contribution in [1.29, 1.82) is 5.26 Å². The summed E-state index contributed by atoms with van der Waals surface area (Å²) >= 11 is 0. The third-order valence-electron chi connectivity index (χ3n) is 3.48. The van der Waals surface area contributed by atoms with Crippen LogP contribution in [-0.4, -0.2) is 19.1 Å². The summed E-state index contributed by atoms with van der Waals surface area (Å²) in [5, 5.41) is 8.84. The van der Waals surface area contributed by atoms with Crippen molar-refractivity contribution >= 4 is 5.69 Å². The summed E-state index contributed by atoms with van der Waals surface area (Å²) in [5.41, 5.74) is 7.73. The second-order valence-electron chi connectivity index (χ2n) is 5.43. The lowest BCUT2D eigenvalue weighted by Crippen LogP contribution is -2.34. The van der Waals surface area contributed by atoms with Crippen LogP contribution in [0.3, 0.4) is 0 Å². The molecule has 0 saturated heterocycles. The Morgan fingerprint density at radius 2 is 1.89 bits per heavy atom. The highest BCUT2D eigenvalue weighted by atomic mass is 15.1. The summed E-state index contributed by atoms with van der Waals surface area (Å²) in [7, 11) is 2.10. The third-order valence-corrected chi connectivity index (χ3v) is 3.48. The molecule has 0 fully saturated rings. The molecule has 104 valence electrons. The fourth-order valence-electron chi connectivity index (χ4n) is 2.01. The van der Waals surface area contributed by atoms with Gasteiger partial charge in [0.2, 0.25) is 0 Å². The molecule has 0 heterocycles. The topological polar surface area (TPSA) is 53.0 Å². The van der Waals surface area contributed by atoms with E-state index in [0.29, 0.717) is 0 Å². The number of benzene rings is 1. The van der Waals surface area contributed by atoms with Gasteiger partial charge in [-0.3, -0.25) is 0 Å². The molecule has 0 saturated carbocycles. The van der Waals surface area contributed by atoms with E-state index in [1.54, 1.807) is 6.92 Å². The van der Waals surface area contributed by atoms with Crippen molar-refractivity contribution in [2.24, 2.45) is 5.73 Å². The van der Waals surface area contributed by atoms with E-state index in [4.69, 9.17) is 11.0 Å². The highest BCUT2D eigenvalue weighted by Crippen LogP contribution is 2.16. The summed E-state index contributed by atoms with van der Waals surface area (Å²) in [6.45, 7) is 4.95. The first-order valence-electron chi connectivity index (χ1n) is 6.98. The number of nitriles is 1. The number of hydrogen-bond acceptors (Lipinski definition) is 3. The van der Waals surface area contributed by atoms with Gasteiger partial charge in [0.05, 0.1) is 6.07 Å². The molecule has 0 radical (unpaired) electrons. The van der Waals surface area contributed by atoms with Gasteiger partial charge in [-0.1, -0.05) is 19.1 Å². The predicted molar refractivity (Wildman–Crippen MR) is 81.1 cm³/mol. The van der Waals surface area contributed by atoms with Crippen molar-refractivity contribution in [2.45, 2.75) is 45.1 Å². The van der Waals surface area contributed by atoms with Crippen LogP contribution in [0.4, 0.5) is 5.69 Å². The van der Waals surface area contributed by atoms with Gasteiger partial charge in [0.1, 0.15) is 5.54 Å². The minimum Gasteiger partial charge on any atom is -0.375 e. The van der Waals surface area contributed by atoms with E-state index in [-0.39, 0.29) is 0 Å². The zero-order valence-corrected chi connectivity index (χ0v) is 12.3. The minimum atomic E-state index is -0.679. The van der Waals surface area contributed by atoms with Crippen LogP contribution in [0, 0.1) is 11.3 Å². The molecule has 3 nitrogen and oxygen atoms in total. The molecule has 1 aromatic carbocycles. The van der Waals surface area contributed by atoms with Crippen LogP contribution in [0.2, 0.25) is 0 Å². The molecule has 0 aliphatic heterocycles. The monoisotopic (exact) mass is 259 g/mol. The molecule has 1 unspecified atom stereocenters. The van der Waals surface area contributed by atoms with Gasteiger partial charge in [0, 0.05) is 19.3 Å². The molecule has 19 heavy (non-hydrogen) atoms. The van der Waals surface area contributed by atoms with Crippen LogP contribution in [0.25, 0.3) is 0 Å². The molecule has 0 aliphatic rings. The first-order valence-corrected chi connectivity index (χ1v) is 6.98. The van der Waals surface area contributed by atoms with Crippen molar-refractivity contribution in [3.8, 4) is 6.07 Å². The molecule has 0 aliphatic carbocycles. The lowest BCUT2D eigenvalue weighted by atomic mass is 9.98. The number of nitrogens with zero attached hydrogens (tertiary/aromatic N) is 2. The van der Waals surface area contributed by atoms with E-state index in [9.17, 15) is 0 Å². The van der Waals surface area contributed by atoms with Crippen molar-refractivity contribution in [2.75, 3.05) is 18.5 Å². The lowest BCUT2D eigenvalue weighted by molar-refractivity contribution is 0.509. The molecular formula is C16H25N3. The highest BCUT2D eigenvalue weighted by Gasteiger charge is 2.16. The average Bonchev–Trinajstić information content (AvgIpc) is 2.43. The standard InChI is InChI=1S/C16H25N3/c1-4-14-7-9-15(10-8-14)19(3)12-6-5-11-16(2,18)13-17/h7-10H,4-6,11-12,18H2,1-3H3. The Labute approximate surface area is 117 Å². The first-order chi connectivity index (χ1) is 8.98. The molecule has 0 spiro atoms. The molecular weight excluding hydrogens is 234 g/mol. The van der Waals surface area contributed by atoms with Crippen molar-refractivity contribution in [1.82, 2.24) is 0 Å². The number of rotatable bonds is 7. The zero-order chi connectivity index (χ0) is 14.3. The number of aryl methyl sites for hydroxylation is 1. The van der Waals surface area contributed by atoms with Crippen molar-refractivity contribution in [3.05, 3.63) is 29.8 Å². The van der Waals surface area contributed by atoms with Crippen LogP contribution in [0.5, 0.6) is 0 Å². The average molecular weight is 259 g/mol. The van der Waals surface area contributed by atoms with Crippen molar-refractivity contribution in [3.63, 3.8) is 0 Å². The van der Waals surface area contributed by atoms with Gasteiger partial charge in [-0.05, 0) is 50.3 Å². The zero-order valence-electron chi connectivity index (χ0n) is 12.3. The van der Waals surface area contributed by atoms with Gasteiger partial charge in [0.15, 0.2) is 0 Å². The fourth-order valence-corrected chi connectivity index (χ4v) is 2.01. The number of hydrogen-bond donors (Lipinski definition) is 1. The molecule has 1 rings (SSSR count). The summed E-state index contributed by atoms with van der Waals surface area (Å²) in [6.07, 6.45) is 3.87. The van der Waals surface area contributed by atoms with Gasteiger partial charge in [-0.25, -0.2) is 0 Å². The number of unbranched alkanes of at least 4 members (excludes halogenated alkanes) is 1. The maximum atomic E-state index is 8.84. The van der Waals surface area contributed by atoms with Crippen LogP contribution >= 0.6 is 0 Å². The van der Waals surface area contributed by atoms with Gasteiger partial charge < -0.3 is 10.6 Å². The Morgan fingerprint density at radius 3 is 2.42 bits per heavy atom. The highest BCUT2D eigenvalue weighted by molar-refractivity contribution is 5.46. The van der Waals surface area contributed by atoms with Gasteiger partial charge >= 0.3 is 0 Å². The van der Waals surface area contributed by atoms with Gasteiger partial charge in [-0.2, -0.15) is 5.26 Å². The lowest BCUT2D eigenvalue weighted by Gasteiger charge is -2.21. The third kappa shape index (κ3) is 5.32. The van der Waals surface area contributed by atoms with Gasteiger partial charge in [0.25, 0.3) is 0 Å². The van der Waals surface area contributed by atoms with E-state index < -0.39 is 5.54 Å². The quantitative estimate of drug-likeness (QED) is 0.766. The summed E-state index contributed by atoms with van der Waals surface area (Å²) < 4.78 is 0. The Hall–Kier alpha value is -1.53. The Bertz CT molecular complexity index is 415. The summed E-state index contributed by atoms with van der Waals surface area (Å²) in [5.74, 6) is 0. The van der Waals surface area contributed by atoms with Crippen LogP contribution in [0.1, 0.15) is 38.7 Å². The second-order valence-corrected chi connectivity index (χ2v) is 5.43. The molecule has 1 atom stereocenters. The Morgan fingerprint density at radius 1 is 1.26 bits per heavy atom. The van der Waals surface area contributed by atoms with Gasteiger partial charge in [-0.15, -0.1) is 0 Å². The molecule has 2 N–H and O–H groups in total. The normalized spacial score (nSPS) is 13.6. The first kappa shape index (κ1) is 15.5. The summed E-state index contributed by atoms with van der Waals surface area (Å²) in [4.78, 5) is 2.25. The molecule has 0 amide bonds. The predicted octanol–water partition coefficient (Wildman–Crippen LogP) is 3.10. The molecule has 3 heteroatoms. The van der Waals surface area contributed by atoms with Crippen LogP contribution in [-0.2, 0) is 6.42 Å².